The number of hydrogen-bond donors (Lipinski definition) is 0. The van der Waals surface area contributed by atoms with Crippen molar-refractivity contribution in [2.24, 2.45) is 0 Å². The van der Waals surface area contributed by atoms with Gasteiger partial charge >= 0.3 is 0 Å². The predicted octanol–water partition coefficient (Wildman–Crippen LogP) is 5.48. The minimum Gasteiger partial charge on any atom is -0.373 e. The van der Waals surface area contributed by atoms with Gasteiger partial charge in [0.15, 0.2) is 0 Å². The Kier molecular flexibility index (Phi) is 8.19. The van der Waals surface area contributed by atoms with Gasteiger partial charge < -0.3 is 9.30 Å². The van der Waals surface area contributed by atoms with Crippen molar-refractivity contribution in [2.45, 2.75) is 64.7 Å². The van der Waals surface area contributed by atoms with E-state index in [2.05, 4.69) is 16.5 Å². The highest BCUT2D eigenvalue weighted by Crippen LogP contribution is 2.16. The summed E-state index contributed by atoms with van der Waals surface area (Å²) in [7, 11) is 0. The summed E-state index contributed by atoms with van der Waals surface area (Å²) in [6.07, 6.45) is 13.3. The van der Waals surface area contributed by atoms with Gasteiger partial charge in [-0.1, -0.05) is 56.3 Å². The third kappa shape index (κ3) is 7.19. The molecule has 0 aliphatic rings. The summed E-state index contributed by atoms with van der Waals surface area (Å²) in [6.45, 7) is 3.85. The zero-order chi connectivity index (χ0) is 16.3. The van der Waals surface area contributed by atoms with Crippen LogP contribution in [0.1, 0.15) is 51.0 Å². The third-order valence-electron chi connectivity index (χ3n) is 4.05. The molecule has 2 aromatic rings. The van der Waals surface area contributed by atoms with Crippen LogP contribution < -0.4 is 0 Å². The zero-order valence-corrected chi connectivity index (χ0v) is 14.7. The fourth-order valence-corrected chi connectivity index (χ4v) is 2.74. The van der Waals surface area contributed by atoms with Crippen molar-refractivity contribution in [3.05, 3.63) is 53.6 Å². The molecule has 0 spiro atoms. The highest BCUT2D eigenvalue weighted by atomic mass is 35.5. The average molecular weight is 335 g/mol. The lowest BCUT2D eigenvalue weighted by Gasteiger charge is -2.18. The molecule has 1 aromatic carbocycles. The molecule has 0 fully saturated rings. The summed E-state index contributed by atoms with van der Waals surface area (Å²) in [5.41, 5.74) is 1.18. The maximum absolute atomic E-state index is 6.17. The Labute approximate surface area is 144 Å². The molecule has 4 heteroatoms. The van der Waals surface area contributed by atoms with E-state index in [0.29, 0.717) is 12.7 Å². The first kappa shape index (κ1) is 18.0. The van der Waals surface area contributed by atoms with Crippen LogP contribution in [-0.4, -0.2) is 15.7 Å². The second-order valence-corrected chi connectivity index (χ2v) is 6.43. The number of hydrogen-bond acceptors (Lipinski definition) is 2. The Balaban J connectivity index is 1.79. The van der Waals surface area contributed by atoms with E-state index in [4.69, 9.17) is 16.3 Å². The molecule has 0 bridgehead atoms. The Morgan fingerprint density at radius 3 is 2.65 bits per heavy atom. The second-order valence-electron chi connectivity index (χ2n) is 6.00. The molecule has 1 atom stereocenters. The summed E-state index contributed by atoms with van der Waals surface area (Å²) in [5.74, 6) is 0. The number of unbranched alkanes of at least 4 members (excludes halogenated alkanes) is 3. The molecule has 0 saturated heterocycles. The van der Waals surface area contributed by atoms with E-state index >= 15 is 0 Å². The van der Waals surface area contributed by atoms with Crippen molar-refractivity contribution in [3.8, 4) is 0 Å². The van der Waals surface area contributed by atoms with Crippen LogP contribution in [0, 0.1) is 0 Å². The topological polar surface area (TPSA) is 27.1 Å². The molecule has 0 radical (unpaired) electrons. The van der Waals surface area contributed by atoms with Crippen LogP contribution in [0.25, 0.3) is 0 Å². The molecule has 126 valence electrons. The number of halogens is 1. The van der Waals surface area contributed by atoms with Gasteiger partial charge in [-0.3, -0.25) is 0 Å². The van der Waals surface area contributed by atoms with Gasteiger partial charge in [0.1, 0.15) is 0 Å². The quantitative estimate of drug-likeness (QED) is 0.508. The normalized spacial score (nSPS) is 12.4. The monoisotopic (exact) mass is 334 g/mol. The molecule has 0 N–H and O–H groups in total. The summed E-state index contributed by atoms with van der Waals surface area (Å²) in [6, 6.07) is 7.91. The van der Waals surface area contributed by atoms with Crippen LogP contribution >= 0.6 is 11.6 Å². The van der Waals surface area contributed by atoms with Gasteiger partial charge in [-0.25, -0.2) is 4.98 Å². The van der Waals surface area contributed by atoms with Crippen LogP contribution in [0.4, 0.5) is 0 Å². The maximum atomic E-state index is 6.17. The highest BCUT2D eigenvalue weighted by molar-refractivity contribution is 6.30. The van der Waals surface area contributed by atoms with Gasteiger partial charge in [0.25, 0.3) is 0 Å². The fourth-order valence-electron chi connectivity index (χ4n) is 2.62. The molecule has 1 aromatic heterocycles. The van der Waals surface area contributed by atoms with Crippen LogP contribution in [0.15, 0.2) is 43.0 Å². The third-order valence-corrected chi connectivity index (χ3v) is 4.30. The van der Waals surface area contributed by atoms with E-state index in [1.165, 1.54) is 31.2 Å². The van der Waals surface area contributed by atoms with Crippen LogP contribution in [0.5, 0.6) is 0 Å². The van der Waals surface area contributed by atoms with Crippen molar-refractivity contribution in [1.82, 2.24) is 9.55 Å². The van der Waals surface area contributed by atoms with E-state index in [9.17, 15) is 0 Å². The smallest absolute Gasteiger partial charge is 0.0945 e. The summed E-state index contributed by atoms with van der Waals surface area (Å²) < 4.78 is 8.29. The van der Waals surface area contributed by atoms with E-state index in [1.54, 1.807) is 0 Å². The molecule has 2 rings (SSSR count). The van der Waals surface area contributed by atoms with Crippen LogP contribution in [0.2, 0.25) is 5.02 Å². The number of benzene rings is 1. The lowest BCUT2D eigenvalue weighted by molar-refractivity contribution is 0.0250. The number of aryl methyl sites for hydroxylation is 1. The molecular weight excluding hydrogens is 308 g/mol. The Morgan fingerprint density at radius 1 is 1.13 bits per heavy atom. The highest BCUT2D eigenvalue weighted by Gasteiger charge is 2.10. The van der Waals surface area contributed by atoms with Crippen molar-refractivity contribution in [3.63, 3.8) is 0 Å². The fraction of sp³-hybridized carbons (Fsp3) is 0.526. The van der Waals surface area contributed by atoms with E-state index in [1.807, 2.05) is 43.0 Å². The van der Waals surface area contributed by atoms with Gasteiger partial charge in [0, 0.05) is 24.0 Å². The first-order valence-corrected chi connectivity index (χ1v) is 8.97. The second kappa shape index (κ2) is 10.5. The van der Waals surface area contributed by atoms with E-state index < -0.39 is 0 Å². The summed E-state index contributed by atoms with van der Waals surface area (Å²) in [4.78, 5) is 4.10. The minimum atomic E-state index is 0.296. The van der Waals surface area contributed by atoms with Crippen molar-refractivity contribution in [2.75, 3.05) is 0 Å². The maximum Gasteiger partial charge on any atom is 0.0945 e. The molecule has 0 aliphatic carbocycles. The largest absolute Gasteiger partial charge is 0.373 e. The Hall–Kier alpha value is -1.32. The van der Waals surface area contributed by atoms with Gasteiger partial charge in [-0.2, -0.15) is 0 Å². The number of ether oxygens (including phenoxy) is 1. The number of aromatic nitrogens is 2. The first-order valence-electron chi connectivity index (χ1n) is 8.59. The molecule has 23 heavy (non-hydrogen) atoms. The number of rotatable bonds is 11. The molecule has 0 aliphatic heterocycles. The van der Waals surface area contributed by atoms with E-state index in [0.717, 1.165) is 24.4 Å². The van der Waals surface area contributed by atoms with Crippen LogP contribution in [0.3, 0.4) is 0 Å². The predicted molar refractivity (Wildman–Crippen MR) is 95.6 cm³/mol. The van der Waals surface area contributed by atoms with Gasteiger partial charge in [-0.05, 0) is 30.5 Å². The molecule has 0 amide bonds. The molecule has 1 unspecified atom stereocenters. The lowest BCUT2D eigenvalue weighted by atomic mass is 10.1. The van der Waals surface area contributed by atoms with E-state index in [-0.39, 0.29) is 0 Å². The molecule has 3 nitrogen and oxygen atoms in total. The summed E-state index contributed by atoms with van der Waals surface area (Å²) in [5, 5.41) is 0.768. The SMILES string of the molecule is CCCCCCC(CCn1ccnc1)OCc1ccc(Cl)cc1. The number of nitrogens with zero attached hydrogens (tertiary/aromatic N) is 2. The molecular formula is C19H27ClN2O. The van der Waals surface area contributed by atoms with Gasteiger partial charge in [0.2, 0.25) is 0 Å². The van der Waals surface area contributed by atoms with Crippen LogP contribution in [-0.2, 0) is 17.9 Å². The van der Waals surface area contributed by atoms with Crippen molar-refractivity contribution < 1.29 is 4.74 Å². The Bertz CT molecular complexity index is 525. The van der Waals surface area contributed by atoms with Crippen molar-refractivity contribution in [1.29, 1.82) is 0 Å². The Morgan fingerprint density at radius 2 is 1.96 bits per heavy atom. The lowest BCUT2D eigenvalue weighted by Crippen LogP contribution is -2.16. The zero-order valence-electron chi connectivity index (χ0n) is 14.0. The standard InChI is InChI=1S/C19H27ClN2O/c1-2-3-4-5-6-19(11-13-22-14-12-21-16-22)23-15-17-7-9-18(20)10-8-17/h7-10,12,14,16,19H,2-6,11,13,15H2,1H3. The molecule has 0 saturated carbocycles. The van der Waals surface area contributed by atoms with Gasteiger partial charge in [-0.15, -0.1) is 0 Å². The first-order chi connectivity index (χ1) is 11.3. The van der Waals surface area contributed by atoms with Gasteiger partial charge in [0.05, 0.1) is 19.0 Å². The van der Waals surface area contributed by atoms with Crippen molar-refractivity contribution >= 4 is 11.6 Å². The molecule has 1 heterocycles. The average Bonchev–Trinajstić information content (AvgIpc) is 3.08. The number of imidazole rings is 1. The summed E-state index contributed by atoms with van der Waals surface area (Å²) >= 11 is 5.93. The minimum absolute atomic E-state index is 0.296.